The summed E-state index contributed by atoms with van der Waals surface area (Å²) in [5, 5.41) is 2.76. The molecule has 0 bridgehead atoms. The zero-order valence-electron chi connectivity index (χ0n) is 9.37. The lowest BCUT2D eigenvalue weighted by Crippen LogP contribution is -2.31. The average Bonchev–Trinajstić information content (AvgIpc) is 2.20. The van der Waals surface area contributed by atoms with Crippen LogP contribution in [0.2, 0.25) is 0 Å². The number of nitrogens with one attached hydrogen (secondary N) is 1. The number of amides is 1. The van der Waals surface area contributed by atoms with Gasteiger partial charge in [-0.2, -0.15) is 0 Å². The minimum Gasteiger partial charge on any atom is -0.356 e. The van der Waals surface area contributed by atoms with Crippen molar-refractivity contribution >= 4 is 5.91 Å². The molecule has 1 unspecified atom stereocenters. The van der Waals surface area contributed by atoms with Crippen LogP contribution in [0.1, 0.15) is 18.9 Å². The quantitative estimate of drug-likeness (QED) is 0.790. The Kier molecular flexibility index (Phi) is 4.92. The van der Waals surface area contributed by atoms with Gasteiger partial charge in [0.25, 0.3) is 0 Å². The normalized spacial score (nSPS) is 12.2. The molecule has 0 aliphatic heterocycles. The molecule has 0 radical (unpaired) electrons. The fourth-order valence-corrected chi connectivity index (χ4v) is 1.36. The molecule has 0 saturated heterocycles. The van der Waals surface area contributed by atoms with Gasteiger partial charge in [-0.15, -0.1) is 0 Å². The smallest absolute Gasteiger partial charge is 0.221 e. The third kappa shape index (κ3) is 4.89. The summed E-state index contributed by atoms with van der Waals surface area (Å²) < 4.78 is 12.6. The van der Waals surface area contributed by atoms with Crippen LogP contribution < -0.4 is 11.1 Å². The molecular formula is C12H17FN2O. The van der Waals surface area contributed by atoms with Crippen LogP contribution in [0.25, 0.3) is 0 Å². The zero-order chi connectivity index (χ0) is 12.0. The molecule has 0 saturated carbocycles. The van der Waals surface area contributed by atoms with Crippen LogP contribution in [0.15, 0.2) is 24.3 Å². The maximum Gasteiger partial charge on any atom is 0.221 e. The highest BCUT2D eigenvalue weighted by atomic mass is 19.1. The Morgan fingerprint density at radius 2 is 2.06 bits per heavy atom. The Bertz CT molecular complexity index is 335. The molecule has 1 atom stereocenters. The molecule has 16 heavy (non-hydrogen) atoms. The monoisotopic (exact) mass is 224 g/mol. The van der Waals surface area contributed by atoms with E-state index in [4.69, 9.17) is 5.73 Å². The van der Waals surface area contributed by atoms with Gasteiger partial charge >= 0.3 is 0 Å². The van der Waals surface area contributed by atoms with Crippen molar-refractivity contribution in [2.24, 2.45) is 5.73 Å². The first-order valence-corrected chi connectivity index (χ1v) is 5.34. The summed E-state index contributed by atoms with van der Waals surface area (Å²) in [5.41, 5.74) is 6.49. The molecule has 1 aromatic carbocycles. The molecule has 1 rings (SSSR count). The van der Waals surface area contributed by atoms with Gasteiger partial charge in [-0.05, 0) is 31.0 Å². The number of benzene rings is 1. The number of halogens is 1. The lowest BCUT2D eigenvalue weighted by molar-refractivity contribution is -0.121. The van der Waals surface area contributed by atoms with Crippen molar-refractivity contribution in [3.8, 4) is 0 Å². The maximum absolute atomic E-state index is 12.6. The number of hydrogen-bond acceptors (Lipinski definition) is 2. The van der Waals surface area contributed by atoms with Crippen molar-refractivity contribution in [1.29, 1.82) is 0 Å². The van der Waals surface area contributed by atoms with Crippen molar-refractivity contribution in [1.82, 2.24) is 5.32 Å². The Morgan fingerprint density at radius 3 is 2.62 bits per heavy atom. The Morgan fingerprint density at radius 1 is 1.44 bits per heavy atom. The average molecular weight is 224 g/mol. The van der Waals surface area contributed by atoms with E-state index in [9.17, 15) is 9.18 Å². The Labute approximate surface area is 94.8 Å². The minimum absolute atomic E-state index is 0.0443. The van der Waals surface area contributed by atoms with Gasteiger partial charge in [0.05, 0.1) is 0 Å². The first-order chi connectivity index (χ1) is 7.58. The topological polar surface area (TPSA) is 55.1 Å². The van der Waals surface area contributed by atoms with Gasteiger partial charge in [0.1, 0.15) is 5.82 Å². The first-order valence-electron chi connectivity index (χ1n) is 5.34. The van der Waals surface area contributed by atoms with Gasteiger partial charge in [0.15, 0.2) is 0 Å². The molecular weight excluding hydrogens is 207 g/mol. The summed E-state index contributed by atoms with van der Waals surface area (Å²) in [6.07, 6.45) is 1.04. The highest BCUT2D eigenvalue weighted by molar-refractivity contribution is 5.76. The molecule has 1 amide bonds. The van der Waals surface area contributed by atoms with Gasteiger partial charge in [-0.1, -0.05) is 12.1 Å². The lowest BCUT2D eigenvalue weighted by Gasteiger charge is -2.07. The van der Waals surface area contributed by atoms with Gasteiger partial charge in [-0.25, -0.2) is 4.39 Å². The van der Waals surface area contributed by atoms with E-state index in [1.807, 2.05) is 0 Å². The second kappa shape index (κ2) is 6.23. The number of carbonyl (C=O) groups excluding carboxylic acids is 1. The highest BCUT2D eigenvalue weighted by Gasteiger charge is 2.03. The van der Waals surface area contributed by atoms with E-state index >= 15 is 0 Å². The van der Waals surface area contributed by atoms with Crippen LogP contribution in [-0.2, 0) is 11.2 Å². The first kappa shape index (κ1) is 12.6. The fourth-order valence-electron chi connectivity index (χ4n) is 1.36. The fraction of sp³-hybridized carbons (Fsp3) is 0.417. The van der Waals surface area contributed by atoms with Crippen LogP contribution in [-0.4, -0.2) is 18.5 Å². The van der Waals surface area contributed by atoms with E-state index in [0.717, 1.165) is 5.56 Å². The zero-order valence-corrected chi connectivity index (χ0v) is 9.37. The molecule has 0 spiro atoms. The van der Waals surface area contributed by atoms with Crippen LogP contribution in [0.5, 0.6) is 0 Å². The second-order valence-electron chi connectivity index (χ2n) is 3.91. The predicted octanol–water partition coefficient (Wildman–Crippen LogP) is 1.22. The number of nitrogens with two attached hydrogens (primary N) is 1. The van der Waals surface area contributed by atoms with E-state index in [0.29, 0.717) is 19.4 Å². The van der Waals surface area contributed by atoms with Gasteiger partial charge < -0.3 is 11.1 Å². The molecule has 0 fully saturated rings. The van der Waals surface area contributed by atoms with Crippen molar-refractivity contribution in [2.45, 2.75) is 25.8 Å². The molecule has 0 aliphatic carbocycles. The van der Waals surface area contributed by atoms with Gasteiger partial charge in [-0.3, -0.25) is 4.79 Å². The van der Waals surface area contributed by atoms with E-state index < -0.39 is 0 Å². The number of hydrogen-bond donors (Lipinski definition) is 2. The summed E-state index contributed by atoms with van der Waals surface area (Å²) in [4.78, 5) is 11.2. The number of rotatable bonds is 5. The van der Waals surface area contributed by atoms with Crippen molar-refractivity contribution in [2.75, 3.05) is 6.54 Å². The SMILES string of the molecule is CC(N)CC(=O)NCCc1ccc(F)cc1. The lowest BCUT2D eigenvalue weighted by atomic mass is 10.1. The molecule has 3 nitrogen and oxygen atoms in total. The number of carbonyl (C=O) groups is 1. The predicted molar refractivity (Wildman–Crippen MR) is 61.4 cm³/mol. The van der Waals surface area contributed by atoms with Crippen molar-refractivity contribution < 1.29 is 9.18 Å². The van der Waals surface area contributed by atoms with E-state index in [1.54, 1.807) is 19.1 Å². The van der Waals surface area contributed by atoms with Crippen LogP contribution in [0.4, 0.5) is 4.39 Å². The molecule has 1 aromatic rings. The van der Waals surface area contributed by atoms with Crippen molar-refractivity contribution in [3.05, 3.63) is 35.6 Å². The highest BCUT2D eigenvalue weighted by Crippen LogP contribution is 2.02. The standard InChI is InChI=1S/C12H17FN2O/c1-9(14)8-12(16)15-7-6-10-2-4-11(13)5-3-10/h2-5,9H,6-8,14H2,1H3,(H,15,16). The second-order valence-corrected chi connectivity index (χ2v) is 3.91. The van der Waals surface area contributed by atoms with Crippen LogP contribution in [0, 0.1) is 5.82 Å². The summed E-state index contributed by atoms with van der Waals surface area (Å²) in [6, 6.07) is 6.14. The van der Waals surface area contributed by atoms with Crippen LogP contribution >= 0.6 is 0 Å². The van der Waals surface area contributed by atoms with Gasteiger partial charge in [0, 0.05) is 19.0 Å². The Hall–Kier alpha value is -1.42. The Balaban J connectivity index is 2.25. The van der Waals surface area contributed by atoms with Crippen LogP contribution in [0.3, 0.4) is 0 Å². The largest absolute Gasteiger partial charge is 0.356 e. The molecule has 0 aliphatic rings. The van der Waals surface area contributed by atoms with Gasteiger partial charge in [0.2, 0.25) is 5.91 Å². The molecule has 4 heteroatoms. The molecule has 0 heterocycles. The summed E-state index contributed by atoms with van der Waals surface area (Å²) in [5.74, 6) is -0.290. The summed E-state index contributed by atoms with van der Waals surface area (Å²) in [7, 11) is 0. The summed E-state index contributed by atoms with van der Waals surface area (Å²) >= 11 is 0. The summed E-state index contributed by atoms with van der Waals surface area (Å²) in [6.45, 7) is 2.34. The van der Waals surface area contributed by atoms with E-state index in [2.05, 4.69) is 5.32 Å². The maximum atomic E-state index is 12.6. The molecule has 0 aromatic heterocycles. The molecule has 88 valence electrons. The third-order valence-corrected chi connectivity index (χ3v) is 2.16. The third-order valence-electron chi connectivity index (χ3n) is 2.16. The molecule has 3 N–H and O–H groups in total. The van der Waals surface area contributed by atoms with E-state index in [-0.39, 0.29) is 17.8 Å². The minimum atomic E-state index is -0.246. The van der Waals surface area contributed by atoms with E-state index in [1.165, 1.54) is 12.1 Å². The van der Waals surface area contributed by atoms with Crippen molar-refractivity contribution in [3.63, 3.8) is 0 Å².